The van der Waals surface area contributed by atoms with Crippen LogP contribution < -0.4 is 5.73 Å². The Kier molecular flexibility index (Phi) is 5.81. The van der Waals surface area contributed by atoms with Gasteiger partial charge in [0.1, 0.15) is 0 Å². The molecule has 0 saturated carbocycles. The minimum Gasteiger partial charge on any atom is -0.392 e. The molecule has 50 valence electrons. The molecule has 0 aromatic heterocycles. The predicted octanol–water partition coefficient (Wildman–Crippen LogP) is 0.481. The van der Waals surface area contributed by atoms with Gasteiger partial charge in [0.25, 0.3) is 0 Å². The van der Waals surface area contributed by atoms with Gasteiger partial charge in [-0.25, -0.2) is 0 Å². The molecule has 0 aromatic carbocycles. The number of aliphatic hydroxyl groups is 1. The average Bonchev–Trinajstić information content (AvgIpc) is 1.83. The fourth-order valence-corrected chi connectivity index (χ4v) is 0.754. The lowest BCUT2D eigenvalue weighted by molar-refractivity contribution is 0.188. The molecule has 0 bridgehead atoms. The minimum absolute atomic E-state index is 0.210. The summed E-state index contributed by atoms with van der Waals surface area (Å²) in [4.78, 5) is 0. The number of aliphatic hydroxyl groups excluding tert-OH is 1. The quantitative estimate of drug-likeness (QED) is 0.621. The molecule has 0 aliphatic carbocycles. The van der Waals surface area contributed by atoms with E-state index in [4.69, 9.17) is 10.8 Å². The summed E-state index contributed by atoms with van der Waals surface area (Å²) in [5, 5.41) is 9.55. The summed E-state index contributed by atoms with van der Waals surface area (Å²) < 4.78 is 0. The van der Waals surface area contributed by atoms with E-state index in [1.165, 1.54) is 0 Å². The molecule has 0 aliphatic rings. The van der Waals surface area contributed by atoms with Crippen molar-refractivity contribution in [2.45, 2.75) is 18.9 Å². The Morgan fingerprint density at radius 3 is 2.62 bits per heavy atom. The van der Waals surface area contributed by atoms with Crippen molar-refractivity contribution in [3.63, 3.8) is 0 Å². The van der Waals surface area contributed by atoms with Gasteiger partial charge in [-0.15, -0.1) is 0 Å². The number of nitrogens with two attached hydrogens (primary N) is 1. The van der Waals surface area contributed by atoms with Crippen molar-refractivity contribution in [3.05, 3.63) is 0 Å². The zero-order chi connectivity index (χ0) is 6.41. The summed E-state index contributed by atoms with van der Waals surface area (Å²) in [6.07, 6.45) is 1.51. The van der Waals surface area contributed by atoms with Crippen LogP contribution in [0.25, 0.3) is 0 Å². The highest BCUT2D eigenvalue weighted by Gasteiger charge is 1.97. The van der Waals surface area contributed by atoms with Gasteiger partial charge in [0.05, 0.1) is 6.10 Å². The third kappa shape index (κ3) is 4.56. The molecule has 0 saturated heterocycles. The molecule has 0 radical (unpaired) electrons. The van der Waals surface area contributed by atoms with Crippen LogP contribution >= 0.6 is 15.9 Å². The molecule has 2 nitrogen and oxygen atoms in total. The first-order valence-corrected chi connectivity index (χ1v) is 3.87. The Morgan fingerprint density at radius 2 is 2.25 bits per heavy atom. The van der Waals surface area contributed by atoms with Gasteiger partial charge in [0.15, 0.2) is 0 Å². The summed E-state index contributed by atoms with van der Waals surface area (Å²) in [5.74, 6) is 0. The standard InChI is InChI=1S/C5H12BrNO/c6-4-5(8)2-1-3-7/h5,8H,1-4,7H2/t5-/m0/s1. The largest absolute Gasteiger partial charge is 0.392 e. The van der Waals surface area contributed by atoms with Crippen LogP contribution in [-0.4, -0.2) is 23.1 Å². The van der Waals surface area contributed by atoms with Crippen LogP contribution in [0.1, 0.15) is 12.8 Å². The second-order valence-electron chi connectivity index (χ2n) is 1.74. The van der Waals surface area contributed by atoms with Crippen LogP contribution in [0.5, 0.6) is 0 Å². The molecule has 0 heterocycles. The lowest BCUT2D eigenvalue weighted by atomic mass is 10.2. The van der Waals surface area contributed by atoms with E-state index in [-0.39, 0.29) is 6.10 Å². The van der Waals surface area contributed by atoms with Crippen molar-refractivity contribution in [2.24, 2.45) is 5.73 Å². The molecule has 0 aromatic rings. The van der Waals surface area contributed by atoms with E-state index in [9.17, 15) is 0 Å². The van der Waals surface area contributed by atoms with Gasteiger partial charge in [-0.05, 0) is 19.4 Å². The SMILES string of the molecule is NCCC[C@H](O)CBr. The Bertz CT molecular complexity index is 51.7. The van der Waals surface area contributed by atoms with Crippen LogP contribution in [0.2, 0.25) is 0 Å². The van der Waals surface area contributed by atoms with Gasteiger partial charge in [0, 0.05) is 5.33 Å². The Hall–Kier alpha value is 0.400. The molecular weight excluding hydrogens is 170 g/mol. The van der Waals surface area contributed by atoms with Crippen molar-refractivity contribution in [2.75, 3.05) is 11.9 Å². The summed E-state index contributed by atoms with van der Waals surface area (Å²) in [7, 11) is 0. The summed E-state index contributed by atoms with van der Waals surface area (Å²) in [5.41, 5.74) is 5.21. The molecule has 3 N–H and O–H groups in total. The zero-order valence-electron chi connectivity index (χ0n) is 4.81. The molecule has 1 atom stereocenters. The first-order chi connectivity index (χ1) is 3.81. The Balaban J connectivity index is 2.86. The number of rotatable bonds is 4. The molecule has 0 fully saturated rings. The monoisotopic (exact) mass is 181 g/mol. The van der Waals surface area contributed by atoms with Crippen LogP contribution in [0.3, 0.4) is 0 Å². The van der Waals surface area contributed by atoms with Gasteiger partial charge in [-0.3, -0.25) is 0 Å². The van der Waals surface area contributed by atoms with Crippen molar-refractivity contribution in [1.29, 1.82) is 0 Å². The number of halogens is 1. The van der Waals surface area contributed by atoms with Crippen LogP contribution in [0, 0.1) is 0 Å². The topological polar surface area (TPSA) is 46.2 Å². The Morgan fingerprint density at radius 1 is 1.62 bits per heavy atom. The van der Waals surface area contributed by atoms with E-state index in [0.717, 1.165) is 12.8 Å². The van der Waals surface area contributed by atoms with Crippen LogP contribution in [0.15, 0.2) is 0 Å². The second-order valence-corrected chi connectivity index (χ2v) is 2.39. The molecular formula is C5H12BrNO. The fraction of sp³-hybridized carbons (Fsp3) is 1.00. The highest BCUT2D eigenvalue weighted by atomic mass is 79.9. The van der Waals surface area contributed by atoms with Crippen molar-refractivity contribution < 1.29 is 5.11 Å². The molecule has 0 spiro atoms. The van der Waals surface area contributed by atoms with E-state index >= 15 is 0 Å². The number of hydrogen-bond donors (Lipinski definition) is 2. The molecule has 0 amide bonds. The average molecular weight is 182 g/mol. The molecule has 3 heteroatoms. The number of hydrogen-bond acceptors (Lipinski definition) is 2. The third-order valence-electron chi connectivity index (χ3n) is 0.920. The van der Waals surface area contributed by atoms with Crippen molar-refractivity contribution >= 4 is 15.9 Å². The molecule has 0 unspecified atom stereocenters. The van der Waals surface area contributed by atoms with E-state index < -0.39 is 0 Å². The molecule has 0 rings (SSSR count). The smallest absolute Gasteiger partial charge is 0.0637 e. The normalized spacial score (nSPS) is 13.9. The zero-order valence-corrected chi connectivity index (χ0v) is 6.39. The van der Waals surface area contributed by atoms with Gasteiger partial charge in [-0.1, -0.05) is 15.9 Å². The van der Waals surface area contributed by atoms with E-state index in [1.54, 1.807) is 0 Å². The summed E-state index contributed by atoms with van der Waals surface area (Å²) >= 11 is 3.15. The Labute approximate surface area is 58.2 Å². The maximum Gasteiger partial charge on any atom is 0.0637 e. The highest BCUT2D eigenvalue weighted by molar-refractivity contribution is 9.09. The third-order valence-corrected chi connectivity index (χ3v) is 1.67. The van der Waals surface area contributed by atoms with Gasteiger partial charge in [-0.2, -0.15) is 0 Å². The van der Waals surface area contributed by atoms with E-state index in [1.807, 2.05) is 0 Å². The van der Waals surface area contributed by atoms with E-state index in [2.05, 4.69) is 15.9 Å². The predicted molar refractivity (Wildman–Crippen MR) is 38.1 cm³/mol. The number of alkyl halides is 1. The van der Waals surface area contributed by atoms with Gasteiger partial charge in [0.2, 0.25) is 0 Å². The molecule has 0 aliphatic heterocycles. The van der Waals surface area contributed by atoms with Crippen LogP contribution in [0.4, 0.5) is 0 Å². The first-order valence-electron chi connectivity index (χ1n) is 2.75. The second kappa shape index (κ2) is 5.54. The van der Waals surface area contributed by atoms with Crippen molar-refractivity contribution in [1.82, 2.24) is 0 Å². The minimum atomic E-state index is -0.210. The first kappa shape index (κ1) is 8.40. The maximum atomic E-state index is 8.89. The molecule has 8 heavy (non-hydrogen) atoms. The highest BCUT2D eigenvalue weighted by Crippen LogP contribution is 1.97. The summed E-state index contributed by atoms with van der Waals surface area (Å²) in [6, 6.07) is 0. The van der Waals surface area contributed by atoms with Crippen LogP contribution in [-0.2, 0) is 0 Å². The van der Waals surface area contributed by atoms with Gasteiger partial charge < -0.3 is 10.8 Å². The van der Waals surface area contributed by atoms with Crippen molar-refractivity contribution in [3.8, 4) is 0 Å². The lowest BCUT2D eigenvalue weighted by Gasteiger charge is -2.02. The maximum absolute atomic E-state index is 8.89. The van der Waals surface area contributed by atoms with E-state index in [0.29, 0.717) is 11.9 Å². The lowest BCUT2D eigenvalue weighted by Crippen LogP contribution is -2.10. The fourth-order valence-electron chi connectivity index (χ4n) is 0.431. The van der Waals surface area contributed by atoms with Gasteiger partial charge >= 0.3 is 0 Å². The summed E-state index contributed by atoms with van der Waals surface area (Å²) in [6.45, 7) is 0.671.